The van der Waals surface area contributed by atoms with Gasteiger partial charge in [0.2, 0.25) is 0 Å². The van der Waals surface area contributed by atoms with E-state index in [-0.39, 0.29) is 6.04 Å². The average molecular weight is 365 g/mol. The zero-order valence-corrected chi connectivity index (χ0v) is 15.2. The number of hydrazine groups is 1. The number of hydrogen-bond acceptors (Lipinski definition) is 4. The molecule has 122 valence electrons. The van der Waals surface area contributed by atoms with Crippen LogP contribution in [0.2, 0.25) is 0 Å². The van der Waals surface area contributed by atoms with Crippen molar-refractivity contribution in [1.29, 1.82) is 0 Å². The third-order valence-corrected chi connectivity index (χ3v) is 3.39. The Morgan fingerprint density at radius 2 is 1.52 bits per heavy atom. The Morgan fingerprint density at radius 3 is 1.95 bits per heavy atom. The topological polar surface area (TPSA) is 59.1 Å². The monoisotopic (exact) mass is 364 g/mol. The van der Waals surface area contributed by atoms with Crippen LogP contribution < -0.4 is 0 Å². The molecule has 1 heterocycles. The van der Waals surface area contributed by atoms with Gasteiger partial charge in [0.05, 0.1) is 6.04 Å². The van der Waals surface area contributed by atoms with Crippen LogP contribution in [0.1, 0.15) is 48.0 Å². The molecule has 0 saturated carbocycles. The second-order valence-corrected chi connectivity index (χ2v) is 7.67. The first-order chi connectivity index (χ1) is 9.44. The predicted molar refractivity (Wildman–Crippen MR) is 83.2 cm³/mol. The Kier molecular flexibility index (Phi) is 5.52. The molecule has 0 bridgehead atoms. The van der Waals surface area contributed by atoms with Crippen molar-refractivity contribution >= 4 is 28.1 Å². The van der Waals surface area contributed by atoms with Crippen molar-refractivity contribution in [1.82, 2.24) is 10.0 Å². The summed E-state index contributed by atoms with van der Waals surface area (Å²) in [7, 11) is 0. The molecular weight excluding hydrogens is 340 g/mol. The molecule has 6 nitrogen and oxygen atoms in total. The highest BCUT2D eigenvalue weighted by atomic mass is 79.9. The highest BCUT2D eigenvalue weighted by Gasteiger charge is 2.41. The number of hydrogen-bond donors (Lipinski definition) is 0. The van der Waals surface area contributed by atoms with E-state index in [1.165, 1.54) is 10.0 Å². The fraction of sp³-hybridized carbons (Fsp3) is 0.857. The lowest BCUT2D eigenvalue weighted by Crippen LogP contribution is -2.51. The maximum atomic E-state index is 12.3. The average Bonchev–Trinajstić information content (AvgIpc) is 2.67. The minimum absolute atomic E-state index is 0.118. The van der Waals surface area contributed by atoms with E-state index in [2.05, 4.69) is 15.9 Å². The molecule has 0 spiro atoms. The van der Waals surface area contributed by atoms with Gasteiger partial charge in [0.15, 0.2) is 0 Å². The largest absolute Gasteiger partial charge is 0.442 e. The minimum atomic E-state index is -0.615. The maximum absolute atomic E-state index is 12.3. The van der Waals surface area contributed by atoms with Gasteiger partial charge >= 0.3 is 12.2 Å². The Hall–Kier alpha value is -0.980. The summed E-state index contributed by atoms with van der Waals surface area (Å²) in [5.74, 6) is 0. The first kappa shape index (κ1) is 18.1. The van der Waals surface area contributed by atoms with Crippen LogP contribution in [0.15, 0.2) is 0 Å². The first-order valence-electron chi connectivity index (χ1n) is 7.03. The van der Waals surface area contributed by atoms with Crippen LogP contribution in [0, 0.1) is 0 Å². The fourth-order valence-corrected chi connectivity index (χ4v) is 2.49. The van der Waals surface area contributed by atoms with E-state index in [4.69, 9.17) is 9.47 Å². The SMILES string of the molecule is CC(C)(C)OC(=O)N1CCC(CBr)N1C(=O)OC(C)(C)C. The molecule has 1 aliphatic heterocycles. The summed E-state index contributed by atoms with van der Waals surface area (Å²) >= 11 is 3.37. The van der Waals surface area contributed by atoms with Gasteiger partial charge in [-0.05, 0) is 48.0 Å². The molecule has 1 unspecified atom stereocenters. The van der Waals surface area contributed by atoms with Crippen molar-refractivity contribution in [2.24, 2.45) is 0 Å². The quantitative estimate of drug-likeness (QED) is 0.667. The maximum Gasteiger partial charge on any atom is 0.429 e. The molecule has 1 atom stereocenters. The molecule has 0 aromatic heterocycles. The summed E-state index contributed by atoms with van der Waals surface area (Å²) in [5.41, 5.74) is -1.22. The molecule has 1 aliphatic rings. The molecule has 2 amide bonds. The van der Waals surface area contributed by atoms with E-state index < -0.39 is 23.4 Å². The second kappa shape index (κ2) is 6.42. The number of amides is 2. The molecule has 1 saturated heterocycles. The lowest BCUT2D eigenvalue weighted by Gasteiger charge is -2.34. The van der Waals surface area contributed by atoms with Crippen LogP contribution in [0.25, 0.3) is 0 Å². The van der Waals surface area contributed by atoms with Gasteiger partial charge in [-0.3, -0.25) is 0 Å². The Bertz CT molecular complexity index is 401. The molecule has 0 aliphatic carbocycles. The number of carbonyl (C=O) groups excluding carboxylic acids is 2. The summed E-state index contributed by atoms with van der Waals surface area (Å²) in [5, 5.41) is 3.25. The van der Waals surface area contributed by atoms with E-state index >= 15 is 0 Å². The Labute approximate surface area is 134 Å². The van der Waals surface area contributed by atoms with Gasteiger partial charge in [0.25, 0.3) is 0 Å². The van der Waals surface area contributed by atoms with Crippen LogP contribution in [-0.4, -0.2) is 51.3 Å². The third kappa shape index (κ3) is 5.37. The molecule has 1 rings (SSSR count). The van der Waals surface area contributed by atoms with Crippen LogP contribution in [0.4, 0.5) is 9.59 Å². The second-order valence-electron chi connectivity index (χ2n) is 7.03. The minimum Gasteiger partial charge on any atom is -0.442 e. The van der Waals surface area contributed by atoms with E-state index in [1.54, 1.807) is 41.5 Å². The summed E-state index contributed by atoms with van der Waals surface area (Å²) in [6.45, 7) is 11.2. The highest BCUT2D eigenvalue weighted by Crippen LogP contribution is 2.25. The van der Waals surface area contributed by atoms with Crippen molar-refractivity contribution in [3.63, 3.8) is 0 Å². The van der Waals surface area contributed by atoms with Crippen LogP contribution in [-0.2, 0) is 9.47 Å². The third-order valence-electron chi connectivity index (χ3n) is 2.64. The molecule has 0 aromatic carbocycles. The number of halogens is 1. The molecule has 21 heavy (non-hydrogen) atoms. The van der Waals surface area contributed by atoms with Crippen LogP contribution >= 0.6 is 15.9 Å². The zero-order chi connectivity index (χ0) is 16.4. The summed E-state index contributed by atoms with van der Waals surface area (Å²) in [4.78, 5) is 24.6. The van der Waals surface area contributed by atoms with Crippen LogP contribution in [0.3, 0.4) is 0 Å². The van der Waals surface area contributed by atoms with Gasteiger partial charge in [-0.2, -0.15) is 0 Å². The van der Waals surface area contributed by atoms with E-state index in [0.717, 1.165) is 0 Å². The number of ether oxygens (including phenoxy) is 2. The van der Waals surface area contributed by atoms with Gasteiger partial charge < -0.3 is 9.47 Å². The Morgan fingerprint density at radius 1 is 1.05 bits per heavy atom. The number of alkyl halides is 1. The van der Waals surface area contributed by atoms with Gasteiger partial charge in [0, 0.05) is 11.9 Å². The molecule has 1 fully saturated rings. The zero-order valence-electron chi connectivity index (χ0n) is 13.6. The summed E-state index contributed by atoms with van der Waals surface area (Å²) in [6.07, 6.45) is -0.379. The van der Waals surface area contributed by atoms with Crippen molar-refractivity contribution in [3.05, 3.63) is 0 Å². The van der Waals surface area contributed by atoms with Crippen molar-refractivity contribution in [3.8, 4) is 0 Å². The van der Waals surface area contributed by atoms with Gasteiger partial charge in [0.1, 0.15) is 11.2 Å². The lowest BCUT2D eigenvalue weighted by molar-refractivity contribution is -0.0512. The fourth-order valence-electron chi connectivity index (χ4n) is 1.89. The van der Waals surface area contributed by atoms with Gasteiger partial charge in [-0.15, -0.1) is 0 Å². The predicted octanol–water partition coefficient (Wildman–Crippen LogP) is 3.54. The molecule has 0 radical (unpaired) electrons. The number of nitrogens with zero attached hydrogens (tertiary/aromatic N) is 2. The molecule has 7 heteroatoms. The normalized spacial score (nSPS) is 19.7. The summed E-state index contributed by atoms with van der Waals surface area (Å²) in [6, 6.07) is -0.118. The molecule has 0 aromatic rings. The lowest BCUT2D eigenvalue weighted by atomic mass is 10.2. The van der Waals surface area contributed by atoms with Gasteiger partial charge in [-0.1, -0.05) is 15.9 Å². The number of rotatable bonds is 1. The van der Waals surface area contributed by atoms with Crippen molar-refractivity contribution in [2.75, 3.05) is 11.9 Å². The highest BCUT2D eigenvalue weighted by molar-refractivity contribution is 9.09. The van der Waals surface area contributed by atoms with E-state index in [9.17, 15) is 9.59 Å². The smallest absolute Gasteiger partial charge is 0.429 e. The van der Waals surface area contributed by atoms with Crippen LogP contribution in [0.5, 0.6) is 0 Å². The Balaban J connectivity index is 2.88. The number of carbonyl (C=O) groups is 2. The standard InChI is InChI=1S/C14H25BrN2O4/c1-13(2,3)20-11(18)16-8-7-10(9-15)17(16)12(19)21-14(4,5)6/h10H,7-9H2,1-6H3. The first-order valence-corrected chi connectivity index (χ1v) is 8.15. The van der Waals surface area contributed by atoms with Crippen molar-refractivity contribution in [2.45, 2.75) is 65.2 Å². The van der Waals surface area contributed by atoms with E-state index in [1.807, 2.05) is 0 Å². The molecule has 0 N–H and O–H groups in total. The summed E-state index contributed by atoms with van der Waals surface area (Å²) < 4.78 is 10.7. The van der Waals surface area contributed by atoms with E-state index in [0.29, 0.717) is 18.3 Å². The molecular formula is C14H25BrN2O4. The van der Waals surface area contributed by atoms with Crippen molar-refractivity contribution < 1.29 is 19.1 Å². The van der Waals surface area contributed by atoms with Gasteiger partial charge in [-0.25, -0.2) is 19.6 Å².